The molecule has 1 N–H and O–H groups in total. The van der Waals surface area contributed by atoms with Crippen molar-refractivity contribution in [2.24, 2.45) is 0 Å². The van der Waals surface area contributed by atoms with Crippen LogP contribution in [0.15, 0.2) is 59.4 Å². The lowest BCUT2D eigenvalue weighted by Crippen LogP contribution is -2.34. The summed E-state index contributed by atoms with van der Waals surface area (Å²) in [6, 6.07) is 16.8. The minimum Gasteiger partial charge on any atom is -0.372 e. The van der Waals surface area contributed by atoms with E-state index in [1.54, 1.807) is 23.1 Å². The molecule has 0 unspecified atom stereocenters. The zero-order chi connectivity index (χ0) is 18.4. The van der Waals surface area contributed by atoms with E-state index in [4.69, 9.17) is 4.74 Å². The first kappa shape index (κ1) is 17.8. The summed E-state index contributed by atoms with van der Waals surface area (Å²) in [6.07, 6.45) is 0. The van der Waals surface area contributed by atoms with Gasteiger partial charge in [-0.25, -0.2) is 4.98 Å². The molecule has 0 aliphatic carbocycles. The monoisotopic (exact) mass is 351 g/mol. The molecule has 26 heavy (non-hydrogen) atoms. The van der Waals surface area contributed by atoms with Crippen LogP contribution >= 0.6 is 0 Å². The van der Waals surface area contributed by atoms with Gasteiger partial charge in [0.2, 0.25) is 5.91 Å². The number of ether oxygens (including phenoxy) is 1. The van der Waals surface area contributed by atoms with Crippen molar-refractivity contribution in [2.45, 2.75) is 20.0 Å². The first-order chi connectivity index (χ1) is 12.7. The summed E-state index contributed by atoms with van der Waals surface area (Å²) in [5.74, 6) is 0.306. The number of nitrogens with one attached hydrogen (secondary N) is 1. The van der Waals surface area contributed by atoms with Crippen LogP contribution in [-0.4, -0.2) is 34.0 Å². The van der Waals surface area contributed by atoms with E-state index in [1.807, 2.05) is 43.3 Å². The Balaban J connectivity index is 1.87. The lowest BCUT2D eigenvalue weighted by Gasteiger charge is -2.22. The molecule has 2 aromatic carbocycles. The Morgan fingerprint density at radius 3 is 2.58 bits per heavy atom. The molecule has 0 aliphatic heterocycles. The standard InChI is InChI=1S/C20H21N3O3/c1-2-26-14-19(24)23(12-15-8-4-3-5-9-15)13-18-21-17-11-7-6-10-16(17)20(25)22-18/h3-11H,2,12-14H2,1H3,(H,21,22,25). The molecule has 0 aliphatic rings. The van der Waals surface area contributed by atoms with Crippen LogP contribution in [0.2, 0.25) is 0 Å². The molecule has 0 radical (unpaired) electrons. The van der Waals surface area contributed by atoms with Gasteiger partial charge >= 0.3 is 0 Å². The van der Waals surface area contributed by atoms with Gasteiger partial charge in [-0.05, 0) is 24.6 Å². The van der Waals surface area contributed by atoms with Crippen LogP contribution in [0.4, 0.5) is 0 Å². The smallest absolute Gasteiger partial charge is 0.258 e. The van der Waals surface area contributed by atoms with Gasteiger partial charge in [-0.3, -0.25) is 9.59 Å². The summed E-state index contributed by atoms with van der Waals surface area (Å²) >= 11 is 0. The maximum Gasteiger partial charge on any atom is 0.258 e. The van der Waals surface area contributed by atoms with Crippen molar-refractivity contribution in [3.8, 4) is 0 Å². The fourth-order valence-electron chi connectivity index (χ4n) is 2.71. The molecular weight excluding hydrogens is 330 g/mol. The third-order valence-electron chi connectivity index (χ3n) is 4.00. The topological polar surface area (TPSA) is 75.3 Å². The van der Waals surface area contributed by atoms with Crippen LogP contribution in [0.25, 0.3) is 10.9 Å². The van der Waals surface area contributed by atoms with Gasteiger partial charge in [0.05, 0.1) is 17.4 Å². The number of aromatic nitrogens is 2. The van der Waals surface area contributed by atoms with Crippen LogP contribution in [-0.2, 0) is 22.6 Å². The van der Waals surface area contributed by atoms with Crippen molar-refractivity contribution in [1.82, 2.24) is 14.9 Å². The molecule has 3 aromatic rings. The minimum absolute atomic E-state index is 0.00114. The second-order valence-electron chi connectivity index (χ2n) is 5.90. The van der Waals surface area contributed by atoms with Crippen molar-refractivity contribution < 1.29 is 9.53 Å². The van der Waals surface area contributed by atoms with Crippen molar-refractivity contribution in [3.05, 3.63) is 76.3 Å². The van der Waals surface area contributed by atoms with E-state index >= 15 is 0 Å². The number of benzene rings is 2. The molecule has 6 heteroatoms. The van der Waals surface area contributed by atoms with E-state index < -0.39 is 0 Å². The highest BCUT2D eigenvalue weighted by Crippen LogP contribution is 2.10. The summed E-state index contributed by atoms with van der Waals surface area (Å²) in [4.78, 5) is 33.7. The highest BCUT2D eigenvalue weighted by Gasteiger charge is 2.16. The molecule has 134 valence electrons. The average molecular weight is 351 g/mol. The number of fused-ring (bicyclic) bond motifs is 1. The predicted molar refractivity (Wildman–Crippen MR) is 99.6 cm³/mol. The summed E-state index contributed by atoms with van der Waals surface area (Å²) in [5.41, 5.74) is 1.41. The fraction of sp³-hybridized carbons (Fsp3) is 0.250. The van der Waals surface area contributed by atoms with E-state index in [2.05, 4.69) is 9.97 Å². The number of nitrogens with zero attached hydrogens (tertiary/aromatic N) is 2. The number of carbonyl (C=O) groups excluding carboxylic acids is 1. The van der Waals surface area contributed by atoms with Gasteiger partial charge in [-0.1, -0.05) is 42.5 Å². The number of carbonyl (C=O) groups is 1. The Morgan fingerprint density at radius 2 is 1.81 bits per heavy atom. The molecule has 1 aromatic heterocycles. The van der Waals surface area contributed by atoms with Gasteiger partial charge in [0.25, 0.3) is 5.56 Å². The van der Waals surface area contributed by atoms with Crippen LogP contribution < -0.4 is 5.56 Å². The second kappa shape index (κ2) is 8.40. The van der Waals surface area contributed by atoms with Crippen molar-refractivity contribution in [3.63, 3.8) is 0 Å². The number of amides is 1. The lowest BCUT2D eigenvalue weighted by molar-refractivity contribution is -0.137. The molecule has 0 saturated carbocycles. The Morgan fingerprint density at radius 1 is 1.08 bits per heavy atom. The Bertz CT molecular complexity index is 938. The highest BCUT2D eigenvalue weighted by molar-refractivity contribution is 5.78. The number of rotatable bonds is 7. The zero-order valence-corrected chi connectivity index (χ0v) is 14.6. The Hall–Kier alpha value is -2.99. The average Bonchev–Trinajstić information content (AvgIpc) is 2.66. The number of hydrogen-bond acceptors (Lipinski definition) is 4. The molecular formula is C20H21N3O3. The van der Waals surface area contributed by atoms with Gasteiger partial charge in [0.1, 0.15) is 12.4 Å². The minimum atomic E-state index is -0.206. The number of H-pyrrole nitrogens is 1. The van der Waals surface area contributed by atoms with Crippen molar-refractivity contribution >= 4 is 16.8 Å². The molecule has 1 amide bonds. The molecule has 3 rings (SSSR count). The zero-order valence-electron chi connectivity index (χ0n) is 14.6. The summed E-state index contributed by atoms with van der Waals surface area (Å²) < 4.78 is 5.26. The number of aromatic amines is 1. The fourth-order valence-corrected chi connectivity index (χ4v) is 2.71. The first-order valence-corrected chi connectivity index (χ1v) is 8.54. The summed E-state index contributed by atoms with van der Waals surface area (Å²) in [5, 5.41) is 0.534. The summed E-state index contributed by atoms with van der Waals surface area (Å²) in [7, 11) is 0. The van der Waals surface area contributed by atoms with Crippen LogP contribution in [0.5, 0.6) is 0 Å². The third kappa shape index (κ3) is 4.34. The molecule has 0 fully saturated rings. The number of para-hydroxylation sites is 1. The molecule has 0 saturated heterocycles. The van der Waals surface area contributed by atoms with E-state index in [9.17, 15) is 9.59 Å². The maximum absolute atomic E-state index is 12.5. The molecule has 1 heterocycles. The molecule has 0 bridgehead atoms. The van der Waals surface area contributed by atoms with E-state index in [0.29, 0.717) is 29.9 Å². The van der Waals surface area contributed by atoms with Gasteiger partial charge in [0, 0.05) is 13.2 Å². The van der Waals surface area contributed by atoms with Gasteiger partial charge in [-0.2, -0.15) is 0 Å². The van der Waals surface area contributed by atoms with Gasteiger partial charge in [-0.15, -0.1) is 0 Å². The first-order valence-electron chi connectivity index (χ1n) is 8.54. The van der Waals surface area contributed by atoms with E-state index in [-0.39, 0.29) is 24.6 Å². The second-order valence-corrected chi connectivity index (χ2v) is 5.90. The largest absolute Gasteiger partial charge is 0.372 e. The highest BCUT2D eigenvalue weighted by atomic mass is 16.5. The lowest BCUT2D eigenvalue weighted by atomic mass is 10.2. The SMILES string of the molecule is CCOCC(=O)N(Cc1ccccc1)Cc1nc2ccccc2c(=O)[nH]1. The third-order valence-corrected chi connectivity index (χ3v) is 4.00. The molecule has 0 atom stereocenters. The van der Waals surface area contributed by atoms with Crippen molar-refractivity contribution in [2.75, 3.05) is 13.2 Å². The van der Waals surface area contributed by atoms with E-state index in [1.165, 1.54) is 0 Å². The quantitative estimate of drug-likeness (QED) is 0.710. The van der Waals surface area contributed by atoms with Crippen LogP contribution in [0.3, 0.4) is 0 Å². The van der Waals surface area contributed by atoms with E-state index in [0.717, 1.165) is 5.56 Å². The van der Waals surface area contributed by atoms with Gasteiger partial charge < -0.3 is 14.6 Å². The molecule has 6 nitrogen and oxygen atoms in total. The van der Waals surface area contributed by atoms with Crippen LogP contribution in [0.1, 0.15) is 18.3 Å². The molecule has 0 spiro atoms. The van der Waals surface area contributed by atoms with Gasteiger partial charge in [0.15, 0.2) is 0 Å². The summed E-state index contributed by atoms with van der Waals surface area (Å²) in [6.45, 7) is 2.94. The predicted octanol–water partition coefficient (Wildman–Crippen LogP) is 2.49. The normalized spacial score (nSPS) is 10.8. The Labute approximate surface area is 151 Å². The van der Waals surface area contributed by atoms with Crippen molar-refractivity contribution in [1.29, 1.82) is 0 Å². The number of hydrogen-bond donors (Lipinski definition) is 1. The Kier molecular flexibility index (Phi) is 5.76. The maximum atomic E-state index is 12.5. The van der Waals surface area contributed by atoms with Crippen LogP contribution in [0, 0.1) is 0 Å².